The normalized spacial score (nSPS) is 24.9. The van der Waals surface area contributed by atoms with Crippen LogP contribution in [0.2, 0.25) is 19.6 Å². The van der Waals surface area contributed by atoms with Crippen molar-refractivity contribution in [1.29, 1.82) is 0 Å². The van der Waals surface area contributed by atoms with Crippen molar-refractivity contribution in [3.05, 3.63) is 12.2 Å². The molecule has 0 aromatic rings. The molecular weight excluding hydrogens is 282 g/mol. The first-order valence-electron chi connectivity index (χ1n) is 7.42. The summed E-state index contributed by atoms with van der Waals surface area (Å²) in [4.78, 5) is 0. The Hall–Kier alpha value is -0.373. The highest BCUT2D eigenvalue weighted by Gasteiger charge is 2.33. The van der Waals surface area contributed by atoms with Crippen molar-refractivity contribution >= 4 is 19.1 Å². The Morgan fingerprint density at radius 3 is 2.45 bits per heavy atom. The summed E-state index contributed by atoms with van der Waals surface area (Å²) >= 11 is 0. The summed E-state index contributed by atoms with van der Waals surface area (Å²) in [5.74, 6) is 3.36. The van der Waals surface area contributed by atoms with E-state index in [0.717, 1.165) is 25.7 Å². The molecule has 0 aromatic heterocycles. The Kier molecular flexibility index (Phi) is 5.83. The van der Waals surface area contributed by atoms with Crippen LogP contribution in [0.15, 0.2) is 12.2 Å². The number of nitrogens with one attached hydrogen (secondary N) is 1. The lowest BCUT2D eigenvalue weighted by molar-refractivity contribution is 0.422. The molecule has 4 heteroatoms. The molecular formula is C16H29NOSSi. The van der Waals surface area contributed by atoms with Gasteiger partial charge in [0.2, 0.25) is 0 Å². The summed E-state index contributed by atoms with van der Waals surface area (Å²) in [6, 6.07) is 0. The molecule has 1 N–H and O–H groups in total. The van der Waals surface area contributed by atoms with Gasteiger partial charge >= 0.3 is 0 Å². The van der Waals surface area contributed by atoms with E-state index in [9.17, 15) is 4.21 Å². The molecule has 1 aliphatic rings. The van der Waals surface area contributed by atoms with Gasteiger partial charge in [0.15, 0.2) is 0 Å². The molecule has 0 radical (unpaired) electrons. The van der Waals surface area contributed by atoms with Gasteiger partial charge in [-0.15, -0.1) is 11.5 Å². The molecule has 114 valence electrons. The minimum Gasteiger partial charge on any atom is -0.242 e. The Balaban J connectivity index is 2.88. The minimum atomic E-state index is -1.34. The van der Waals surface area contributed by atoms with E-state index in [1.165, 1.54) is 0 Å². The lowest BCUT2D eigenvalue weighted by Crippen LogP contribution is -2.49. The summed E-state index contributed by atoms with van der Waals surface area (Å²) in [7, 11) is -2.40. The molecule has 20 heavy (non-hydrogen) atoms. The van der Waals surface area contributed by atoms with E-state index in [0.29, 0.717) is 0 Å². The zero-order chi connectivity index (χ0) is 15.4. The van der Waals surface area contributed by atoms with Crippen molar-refractivity contribution < 1.29 is 4.21 Å². The van der Waals surface area contributed by atoms with Crippen LogP contribution in [-0.4, -0.2) is 22.6 Å². The lowest BCUT2D eigenvalue weighted by Gasteiger charge is -2.35. The maximum Gasteiger partial charge on any atom is 0.129 e. The average molecular weight is 312 g/mol. The smallest absolute Gasteiger partial charge is 0.129 e. The van der Waals surface area contributed by atoms with Gasteiger partial charge in [0.1, 0.15) is 8.07 Å². The third kappa shape index (κ3) is 5.95. The highest BCUT2D eigenvalue weighted by Crippen LogP contribution is 2.27. The van der Waals surface area contributed by atoms with Crippen LogP contribution >= 0.6 is 0 Å². The lowest BCUT2D eigenvalue weighted by atomic mass is 9.86. The molecule has 0 spiro atoms. The van der Waals surface area contributed by atoms with Crippen LogP contribution in [-0.2, 0) is 11.0 Å². The van der Waals surface area contributed by atoms with E-state index in [1.54, 1.807) is 0 Å². The van der Waals surface area contributed by atoms with E-state index in [1.807, 2.05) is 20.8 Å². The van der Waals surface area contributed by atoms with Crippen LogP contribution in [0, 0.1) is 11.5 Å². The Morgan fingerprint density at radius 1 is 1.35 bits per heavy atom. The maximum absolute atomic E-state index is 12.4. The largest absolute Gasteiger partial charge is 0.242 e. The molecule has 0 saturated carbocycles. The molecule has 0 aromatic carbocycles. The van der Waals surface area contributed by atoms with Crippen LogP contribution < -0.4 is 4.72 Å². The molecule has 1 aliphatic carbocycles. The second kappa shape index (κ2) is 6.59. The maximum atomic E-state index is 12.4. The van der Waals surface area contributed by atoms with Crippen molar-refractivity contribution in [2.75, 3.05) is 0 Å². The second-order valence-corrected chi connectivity index (χ2v) is 14.4. The molecule has 0 amide bonds. The molecule has 0 heterocycles. The van der Waals surface area contributed by atoms with Gasteiger partial charge in [-0.2, -0.15) is 0 Å². The Bertz CT molecular complexity index is 448. The Morgan fingerprint density at radius 2 is 2.00 bits per heavy atom. The van der Waals surface area contributed by atoms with Gasteiger partial charge in [0.25, 0.3) is 0 Å². The van der Waals surface area contributed by atoms with E-state index in [2.05, 4.69) is 48.0 Å². The zero-order valence-corrected chi connectivity index (χ0v) is 15.6. The molecule has 0 unspecified atom stereocenters. The number of hydrogen-bond acceptors (Lipinski definition) is 1. The van der Waals surface area contributed by atoms with Crippen LogP contribution in [0.3, 0.4) is 0 Å². The van der Waals surface area contributed by atoms with Gasteiger partial charge < -0.3 is 0 Å². The fourth-order valence-electron chi connectivity index (χ4n) is 2.00. The highest BCUT2D eigenvalue weighted by atomic mass is 32.2. The van der Waals surface area contributed by atoms with Crippen LogP contribution in [0.5, 0.6) is 0 Å². The van der Waals surface area contributed by atoms with Crippen LogP contribution in [0.4, 0.5) is 0 Å². The summed E-state index contributed by atoms with van der Waals surface area (Å²) in [6.07, 6.45) is 8.43. The summed E-state index contributed by atoms with van der Waals surface area (Å²) < 4.78 is 15.5. The van der Waals surface area contributed by atoms with Gasteiger partial charge in [0.05, 0.1) is 21.3 Å². The van der Waals surface area contributed by atoms with Gasteiger partial charge in [-0.25, -0.2) is 8.93 Å². The van der Waals surface area contributed by atoms with Crippen molar-refractivity contribution in [3.8, 4) is 11.5 Å². The molecule has 1 rings (SSSR count). The standard InChI is InChI=1S/C16H29NOSSi/c1-15(2,3)19(18)17-16(11-8-7-9-12-16)13-10-14-20(4,5)6/h8,11,17H,7,9,12-13H2,1-6H3/t16-,19-/m0/s1. The summed E-state index contributed by atoms with van der Waals surface area (Å²) in [5, 5.41) is 0. The van der Waals surface area contributed by atoms with Crippen LogP contribution in [0.1, 0.15) is 46.5 Å². The summed E-state index contributed by atoms with van der Waals surface area (Å²) in [6.45, 7) is 12.8. The van der Waals surface area contributed by atoms with Gasteiger partial charge in [-0.1, -0.05) is 31.8 Å². The first-order valence-corrected chi connectivity index (χ1v) is 12.1. The van der Waals surface area contributed by atoms with E-state index in [4.69, 9.17) is 0 Å². The van der Waals surface area contributed by atoms with Crippen molar-refractivity contribution in [3.63, 3.8) is 0 Å². The molecule has 2 atom stereocenters. The van der Waals surface area contributed by atoms with Gasteiger partial charge in [-0.3, -0.25) is 0 Å². The number of hydrogen-bond donors (Lipinski definition) is 1. The monoisotopic (exact) mass is 311 g/mol. The van der Waals surface area contributed by atoms with Crippen molar-refractivity contribution in [2.45, 2.75) is 76.4 Å². The predicted octanol–water partition coefficient (Wildman–Crippen LogP) is 3.79. The van der Waals surface area contributed by atoms with Gasteiger partial charge in [0, 0.05) is 6.42 Å². The van der Waals surface area contributed by atoms with E-state index >= 15 is 0 Å². The topological polar surface area (TPSA) is 29.1 Å². The minimum absolute atomic E-state index is 0.205. The average Bonchev–Trinajstić information content (AvgIpc) is 2.27. The zero-order valence-electron chi connectivity index (χ0n) is 13.8. The first kappa shape index (κ1) is 17.7. The Labute approximate surface area is 128 Å². The van der Waals surface area contributed by atoms with Gasteiger partial charge in [-0.05, 0) is 40.0 Å². The molecule has 2 nitrogen and oxygen atoms in total. The van der Waals surface area contributed by atoms with E-state index in [-0.39, 0.29) is 10.3 Å². The molecule has 0 bridgehead atoms. The first-order chi connectivity index (χ1) is 9.04. The SMILES string of the molecule is CC(C)(C)[S@](=O)N[C@@]1(CC#C[Si](C)(C)C)C=CCCC1. The van der Waals surface area contributed by atoms with Crippen molar-refractivity contribution in [2.24, 2.45) is 0 Å². The van der Waals surface area contributed by atoms with E-state index < -0.39 is 19.1 Å². The second-order valence-electron chi connectivity index (χ2n) is 7.66. The fraction of sp³-hybridized carbons (Fsp3) is 0.750. The summed E-state index contributed by atoms with van der Waals surface area (Å²) in [5.41, 5.74) is 3.22. The number of allylic oxidation sites excluding steroid dienone is 1. The molecule has 0 aliphatic heterocycles. The fourth-order valence-corrected chi connectivity index (χ4v) is 3.54. The third-order valence-corrected chi connectivity index (χ3v) is 5.78. The molecule has 0 saturated heterocycles. The highest BCUT2D eigenvalue weighted by molar-refractivity contribution is 7.84. The predicted molar refractivity (Wildman–Crippen MR) is 92.5 cm³/mol. The third-order valence-electron chi connectivity index (χ3n) is 3.15. The van der Waals surface area contributed by atoms with Crippen molar-refractivity contribution in [1.82, 2.24) is 4.72 Å². The molecule has 0 fully saturated rings. The quantitative estimate of drug-likeness (QED) is 0.479. The van der Waals surface area contributed by atoms with Crippen LogP contribution in [0.25, 0.3) is 0 Å². The number of rotatable bonds is 3.